The lowest BCUT2D eigenvalue weighted by atomic mass is 10.1. The van der Waals surface area contributed by atoms with Gasteiger partial charge in [-0.1, -0.05) is 36.4 Å². The maximum absolute atomic E-state index is 12.1. The summed E-state index contributed by atoms with van der Waals surface area (Å²) < 4.78 is 6.42. The van der Waals surface area contributed by atoms with Crippen LogP contribution in [0.4, 0.5) is 0 Å². The van der Waals surface area contributed by atoms with Crippen molar-refractivity contribution in [1.82, 2.24) is 0 Å². The van der Waals surface area contributed by atoms with Crippen LogP contribution in [0.3, 0.4) is 0 Å². The second-order valence-electron chi connectivity index (χ2n) is 4.41. The molecule has 0 fully saturated rings. The van der Waals surface area contributed by atoms with Crippen molar-refractivity contribution < 1.29 is 9.53 Å². The van der Waals surface area contributed by atoms with Crippen LogP contribution >= 0.6 is 22.6 Å². The first-order valence-electron chi connectivity index (χ1n) is 6.19. The van der Waals surface area contributed by atoms with E-state index in [0.717, 1.165) is 14.3 Å². The van der Waals surface area contributed by atoms with Gasteiger partial charge >= 0.3 is 5.97 Å². The molecule has 0 heterocycles. The zero-order chi connectivity index (χ0) is 13.9. The van der Waals surface area contributed by atoms with Gasteiger partial charge in [0, 0.05) is 3.57 Å². The highest BCUT2D eigenvalue weighted by Gasteiger charge is 2.09. The predicted molar refractivity (Wildman–Crippen MR) is 88.1 cm³/mol. The van der Waals surface area contributed by atoms with Crippen LogP contribution in [-0.2, 0) is 0 Å². The molecule has 98 valence electrons. The minimum Gasteiger partial charge on any atom is -0.423 e. The Morgan fingerprint density at radius 2 is 1.65 bits per heavy atom. The van der Waals surface area contributed by atoms with Crippen LogP contribution in [0.15, 0.2) is 66.7 Å². The lowest BCUT2D eigenvalue weighted by Crippen LogP contribution is -2.08. The molecule has 0 aliphatic carbocycles. The van der Waals surface area contributed by atoms with Crippen LogP contribution in [0.1, 0.15) is 10.4 Å². The van der Waals surface area contributed by atoms with Gasteiger partial charge in [0.1, 0.15) is 5.75 Å². The van der Waals surface area contributed by atoms with Crippen molar-refractivity contribution in [3.05, 3.63) is 75.9 Å². The monoisotopic (exact) mass is 374 g/mol. The molecule has 3 aromatic rings. The lowest BCUT2D eigenvalue weighted by molar-refractivity contribution is 0.0735. The highest BCUT2D eigenvalue weighted by atomic mass is 127. The molecule has 3 aromatic carbocycles. The van der Waals surface area contributed by atoms with Gasteiger partial charge in [0.2, 0.25) is 0 Å². The Hall–Kier alpha value is -1.88. The Morgan fingerprint density at radius 1 is 0.850 bits per heavy atom. The third kappa shape index (κ3) is 2.82. The van der Waals surface area contributed by atoms with Crippen molar-refractivity contribution in [2.75, 3.05) is 0 Å². The van der Waals surface area contributed by atoms with E-state index in [1.165, 1.54) is 0 Å². The standard InChI is InChI=1S/C17H11IO2/c18-15-6-3-7-16(11-15)20-17(19)14-9-8-12-4-1-2-5-13(12)10-14/h1-11H. The van der Waals surface area contributed by atoms with Crippen LogP contribution < -0.4 is 4.74 Å². The number of rotatable bonds is 2. The Kier molecular flexibility index (Phi) is 3.69. The molecule has 0 N–H and O–H groups in total. The number of hydrogen-bond acceptors (Lipinski definition) is 2. The molecule has 0 spiro atoms. The molecule has 0 unspecified atom stereocenters. The Labute approximate surface area is 130 Å². The molecule has 0 radical (unpaired) electrons. The number of fused-ring (bicyclic) bond motifs is 1. The van der Waals surface area contributed by atoms with Gasteiger partial charge < -0.3 is 4.74 Å². The highest BCUT2D eigenvalue weighted by Crippen LogP contribution is 2.19. The molecule has 0 aromatic heterocycles. The van der Waals surface area contributed by atoms with Crippen molar-refractivity contribution in [3.63, 3.8) is 0 Å². The predicted octanol–water partition coefficient (Wildman–Crippen LogP) is 4.66. The molecule has 0 bridgehead atoms. The van der Waals surface area contributed by atoms with Crippen molar-refractivity contribution in [2.24, 2.45) is 0 Å². The Bertz CT molecular complexity index is 781. The van der Waals surface area contributed by atoms with E-state index in [4.69, 9.17) is 4.74 Å². The number of esters is 1. The van der Waals surface area contributed by atoms with E-state index in [1.807, 2.05) is 54.6 Å². The third-order valence-electron chi connectivity index (χ3n) is 2.99. The Balaban J connectivity index is 1.88. The van der Waals surface area contributed by atoms with E-state index in [1.54, 1.807) is 12.1 Å². The fourth-order valence-corrected chi connectivity index (χ4v) is 2.53. The quantitative estimate of drug-likeness (QED) is 0.370. The van der Waals surface area contributed by atoms with Gasteiger partial charge in [0.05, 0.1) is 5.56 Å². The molecule has 0 amide bonds. The fraction of sp³-hybridized carbons (Fsp3) is 0. The van der Waals surface area contributed by atoms with Gasteiger partial charge in [0.25, 0.3) is 0 Å². The van der Waals surface area contributed by atoms with Crippen molar-refractivity contribution in [2.45, 2.75) is 0 Å². The van der Waals surface area contributed by atoms with E-state index in [-0.39, 0.29) is 5.97 Å². The number of benzene rings is 3. The van der Waals surface area contributed by atoms with E-state index < -0.39 is 0 Å². The highest BCUT2D eigenvalue weighted by molar-refractivity contribution is 14.1. The molecule has 3 rings (SSSR count). The molecular weight excluding hydrogens is 363 g/mol. The average Bonchev–Trinajstić information content (AvgIpc) is 2.47. The molecule has 20 heavy (non-hydrogen) atoms. The first kappa shape index (κ1) is 13.1. The summed E-state index contributed by atoms with van der Waals surface area (Å²) in [5.41, 5.74) is 0.558. The SMILES string of the molecule is O=C(Oc1cccc(I)c1)c1ccc2ccccc2c1. The van der Waals surface area contributed by atoms with E-state index >= 15 is 0 Å². The average molecular weight is 374 g/mol. The van der Waals surface area contributed by atoms with Crippen LogP contribution in [-0.4, -0.2) is 5.97 Å². The van der Waals surface area contributed by atoms with E-state index in [2.05, 4.69) is 22.6 Å². The minimum atomic E-state index is -0.335. The number of hydrogen-bond donors (Lipinski definition) is 0. The number of carbonyl (C=O) groups excluding carboxylic acids is 1. The van der Waals surface area contributed by atoms with E-state index in [0.29, 0.717) is 11.3 Å². The molecule has 0 atom stereocenters. The third-order valence-corrected chi connectivity index (χ3v) is 3.66. The summed E-state index contributed by atoms with van der Waals surface area (Å²) >= 11 is 2.19. The molecule has 3 heteroatoms. The molecule has 2 nitrogen and oxygen atoms in total. The van der Waals surface area contributed by atoms with Gasteiger partial charge in [0.15, 0.2) is 0 Å². The van der Waals surface area contributed by atoms with E-state index in [9.17, 15) is 4.79 Å². The van der Waals surface area contributed by atoms with Crippen molar-refractivity contribution >= 4 is 39.3 Å². The maximum atomic E-state index is 12.1. The van der Waals surface area contributed by atoms with Crippen LogP contribution in [0.2, 0.25) is 0 Å². The van der Waals surface area contributed by atoms with Gasteiger partial charge in [-0.2, -0.15) is 0 Å². The largest absolute Gasteiger partial charge is 0.423 e. The summed E-state index contributed by atoms with van der Waals surface area (Å²) in [6, 6.07) is 20.9. The molecule has 0 saturated carbocycles. The van der Waals surface area contributed by atoms with Crippen molar-refractivity contribution in [3.8, 4) is 5.75 Å². The van der Waals surface area contributed by atoms with Crippen LogP contribution in [0.25, 0.3) is 10.8 Å². The zero-order valence-corrected chi connectivity index (χ0v) is 12.7. The normalized spacial score (nSPS) is 10.4. The van der Waals surface area contributed by atoms with Crippen LogP contribution in [0.5, 0.6) is 5.75 Å². The van der Waals surface area contributed by atoms with Crippen molar-refractivity contribution in [1.29, 1.82) is 0 Å². The molecule has 0 saturated heterocycles. The number of ether oxygens (including phenoxy) is 1. The maximum Gasteiger partial charge on any atom is 0.343 e. The summed E-state index contributed by atoms with van der Waals surface area (Å²) in [7, 11) is 0. The Morgan fingerprint density at radius 3 is 2.45 bits per heavy atom. The van der Waals surface area contributed by atoms with Gasteiger partial charge in [-0.25, -0.2) is 4.79 Å². The smallest absolute Gasteiger partial charge is 0.343 e. The molecule has 0 aliphatic rings. The van der Waals surface area contributed by atoms with Gasteiger partial charge in [-0.05, 0) is 63.7 Å². The first-order chi connectivity index (χ1) is 9.72. The topological polar surface area (TPSA) is 26.3 Å². The summed E-state index contributed by atoms with van der Waals surface area (Å²) in [4.78, 5) is 12.1. The summed E-state index contributed by atoms with van der Waals surface area (Å²) in [5, 5.41) is 2.14. The second kappa shape index (κ2) is 5.63. The van der Waals surface area contributed by atoms with Gasteiger partial charge in [-0.3, -0.25) is 0 Å². The number of carbonyl (C=O) groups is 1. The summed E-state index contributed by atoms with van der Waals surface area (Å²) in [6.07, 6.45) is 0. The first-order valence-corrected chi connectivity index (χ1v) is 7.27. The summed E-state index contributed by atoms with van der Waals surface area (Å²) in [6.45, 7) is 0. The molecular formula is C17H11IO2. The molecule has 0 aliphatic heterocycles. The number of halogens is 1. The fourth-order valence-electron chi connectivity index (χ4n) is 2.01. The zero-order valence-electron chi connectivity index (χ0n) is 10.5. The van der Waals surface area contributed by atoms with Gasteiger partial charge in [-0.15, -0.1) is 0 Å². The second-order valence-corrected chi connectivity index (χ2v) is 5.65. The minimum absolute atomic E-state index is 0.335. The van der Waals surface area contributed by atoms with Crippen LogP contribution in [0, 0.1) is 3.57 Å². The lowest BCUT2D eigenvalue weighted by Gasteiger charge is -2.05. The summed E-state index contributed by atoms with van der Waals surface area (Å²) in [5.74, 6) is 0.229.